The van der Waals surface area contributed by atoms with Crippen LogP contribution in [0.3, 0.4) is 0 Å². The Morgan fingerprint density at radius 1 is 1.29 bits per heavy atom. The first-order valence-electron chi connectivity index (χ1n) is 8.73. The molecule has 8 nitrogen and oxygen atoms in total. The van der Waals surface area contributed by atoms with E-state index in [1.165, 1.54) is 0 Å². The lowest BCUT2D eigenvalue weighted by Gasteiger charge is -2.19. The quantitative estimate of drug-likeness (QED) is 0.528. The van der Waals surface area contributed by atoms with Crippen LogP contribution in [0.5, 0.6) is 0 Å². The zero-order valence-electron chi connectivity index (χ0n) is 15.3. The van der Waals surface area contributed by atoms with Crippen molar-refractivity contribution in [3.05, 3.63) is 58.6 Å². The lowest BCUT2D eigenvalue weighted by atomic mass is 10.2. The van der Waals surface area contributed by atoms with Crippen LogP contribution < -0.4 is 16.6 Å². The number of carbonyl (C=O) groups is 1. The molecule has 0 unspecified atom stereocenters. The molecule has 1 amide bonds. The van der Waals surface area contributed by atoms with Gasteiger partial charge in [0.05, 0.1) is 35.4 Å². The van der Waals surface area contributed by atoms with E-state index in [-0.39, 0.29) is 18.0 Å². The average Bonchev–Trinajstić information content (AvgIpc) is 2.67. The van der Waals surface area contributed by atoms with Crippen molar-refractivity contribution in [2.45, 2.75) is 13.5 Å². The summed E-state index contributed by atoms with van der Waals surface area (Å²) in [6, 6.07) is 12.2. The molecule has 28 heavy (non-hydrogen) atoms. The molecule has 2 aromatic carbocycles. The SMILES string of the molecule is CCN(CC(=O)Nc1cccc(N)c1N=S)Cc1nc2ccccc2c(=O)[nH]1. The summed E-state index contributed by atoms with van der Waals surface area (Å²) in [7, 11) is 0. The number of aromatic nitrogens is 2. The fourth-order valence-corrected chi connectivity index (χ4v) is 3.06. The van der Waals surface area contributed by atoms with E-state index in [4.69, 9.17) is 18.2 Å². The molecule has 4 N–H and O–H groups in total. The van der Waals surface area contributed by atoms with Gasteiger partial charge in [-0.2, -0.15) is 4.36 Å². The number of amides is 1. The number of nitrogens with two attached hydrogens (primary N) is 1. The number of anilines is 2. The van der Waals surface area contributed by atoms with Gasteiger partial charge in [0.2, 0.25) is 5.91 Å². The van der Waals surface area contributed by atoms with Crippen LogP contribution in [0.2, 0.25) is 0 Å². The topological polar surface area (TPSA) is 116 Å². The van der Waals surface area contributed by atoms with Gasteiger partial charge < -0.3 is 16.0 Å². The molecule has 0 bridgehead atoms. The second-order valence-electron chi connectivity index (χ2n) is 6.22. The second kappa shape index (κ2) is 8.68. The van der Waals surface area contributed by atoms with Gasteiger partial charge >= 0.3 is 0 Å². The number of nitrogens with zero attached hydrogens (tertiary/aromatic N) is 3. The fourth-order valence-electron chi connectivity index (χ4n) is 2.86. The predicted octanol–water partition coefficient (Wildman–Crippen LogP) is 2.33. The fraction of sp³-hybridized carbons (Fsp3) is 0.211. The Kier molecular flexibility index (Phi) is 6.07. The minimum Gasteiger partial charge on any atom is -0.397 e. The van der Waals surface area contributed by atoms with Gasteiger partial charge in [-0.05, 0) is 30.8 Å². The molecule has 3 rings (SSSR count). The van der Waals surface area contributed by atoms with Crippen LogP contribution in [0.25, 0.3) is 10.9 Å². The van der Waals surface area contributed by atoms with E-state index in [1.807, 2.05) is 17.9 Å². The summed E-state index contributed by atoms with van der Waals surface area (Å²) in [6.07, 6.45) is 0. The van der Waals surface area contributed by atoms with Crippen molar-refractivity contribution in [1.82, 2.24) is 14.9 Å². The van der Waals surface area contributed by atoms with Gasteiger partial charge in [-0.25, -0.2) is 4.98 Å². The van der Waals surface area contributed by atoms with Gasteiger partial charge in [0, 0.05) is 12.4 Å². The Labute approximate surface area is 166 Å². The Morgan fingerprint density at radius 2 is 2.07 bits per heavy atom. The molecule has 0 aliphatic carbocycles. The maximum atomic E-state index is 12.5. The van der Waals surface area contributed by atoms with E-state index >= 15 is 0 Å². The number of hydrogen-bond donors (Lipinski definition) is 3. The van der Waals surface area contributed by atoms with Crippen LogP contribution in [-0.2, 0) is 23.8 Å². The van der Waals surface area contributed by atoms with Crippen LogP contribution in [0.15, 0.2) is 51.6 Å². The Bertz CT molecular complexity index is 1080. The largest absolute Gasteiger partial charge is 0.397 e. The maximum Gasteiger partial charge on any atom is 0.258 e. The van der Waals surface area contributed by atoms with Crippen LogP contribution in [0, 0.1) is 0 Å². The maximum absolute atomic E-state index is 12.5. The summed E-state index contributed by atoms with van der Waals surface area (Å²) in [5, 5.41) is 3.32. The van der Waals surface area contributed by atoms with E-state index < -0.39 is 0 Å². The summed E-state index contributed by atoms with van der Waals surface area (Å²) in [5.41, 5.74) is 7.50. The summed E-state index contributed by atoms with van der Waals surface area (Å²) >= 11 is 4.74. The molecule has 144 valence electrons. The first kappa shape index (κ1) is 19.6. The molecule has 0 aliphatic rings. The molecule has 1 aromatic heterocycles. The van der Waals surface area contributed by atoms with E-state index in [2.05, 4.69) is 19.6 Å². The number of fused-ring (bicyclic) bond motifs is 1. The Hall–Kier alpha value is -3.17. The van der Waals surface area contributed by atoms with Crippen LogP contribution in [0.1, 0.15) is 12.7 Å². The molecular formula is C19H20N6O2S. The second-order valence-corrected chi connectivity index (χ2v) is 6.40. The highest BCUT2D eigenvalue weighted by Gasteiger charge is 2.14. The average molecular weight is 396 g/mol. The molecule has 9 heteroatoms. The zero-order chi connectivity index (χ0) is 20.1. The van der Waals surface area contributed by atoms with Crippen molar-refractivity contribution >= 4 is 46.3 Å². The number of aromatic amines is 1. The first-order valence-corrected chi connectivity index (χ1v) is 9.10. The van der Waals surface area contributed by atoms with E-state index in [0.29, 0.717) is 46.9 Å². The minimum absolute atomic E-state index is 0.110. The summed E-state index contributed by atoms with van der Waals surface area (Å²) in [4.78, 5) is 33.8. The van der Waals surface area contributed by atoms with Gasteiger partial charge in [-0.1, -0.05) is 25.1 Å². The third-order valence-corrected chi connectivity index (χ3v) is 4.46. The number of para-hydroxylation sites is 1. The minimum atomic E-state index is -0.240. The van der Waals surface area contributed by atoms with Gasteiger partial charge in [0.1, 0.15) is 11.5 Å². The molecule has 0 saturated carbocycles. The van der Waals surface area contributed by atoms with Crippen molar-refractivity contribution < 1.29 is 4.79 Å². The lowest BCUT2D eigenvalue weighted by molar-refractivity contribution is -0.117. The van der Waals surface area contributed by atoms with E-state index in [1.54, 1.807) is 36.4 Å². The van der Waals surface area contributed by atoms with Crippen LogP contribution in [-0.4, -0.2) is 33.9 Å². The van der Waals surface area contributed by atoms with Crippen LogP contribution >= 0.6 is 0 Å². The zero-order valence-corrected chi connectivity index (χ0v) is 16.1. The third-order valence-electron chi connectivity index (χ3n) is 4.28. The number of rotatable bonds is 7. The first-order chi connectivity index (χ1) is 13.5. The summed E-state index contributed by atoms with van der Waals surface area (Å²) in [6.45, 7) is 2.97. The molecule has 1 heterocycles. The van der Waals surface area contributed by atoms with Crippen molar-refractivity contribution in [3.63, 3.8) is 0 Å². The Balaban J connectivity index is 1.73. The monoisotopic (exact) mass is 396 g/mol. The van der Waals surface area contributed by atoms with Gasteiger partial charge in [-0.15, -0.1) is 0 Å². The number of hydrogen-bond acceptors (Lipinski definition) is 7. The molecular weight excluding hydrogens is 376 g/mol. The molecule has 0 radical (unpaired) electrons. The molecule has 0 fully saturated rings. The molecule has 0 atom stereocenters. The molecule has 0 spiro atoms. The standard InChI is InChI=1S/C19H20N6O2S/c1-2-25(10-16-21-14-8-4-3-6-12(14)19(27)23-16)11-17(26)22-15-9-5-7-13(20)18(15)24-28/h3-9H,2,10-11,20H2,1H3,(H,22,26)(H,21,23,27). The number of likely N-dealkylation sites (N-methyl/N-ethyl adjacent to an activating group) is 1. The smallest absolute Gasteiger partial charge is 0.258 e. The van der Waals surface area contributed by atoms with E-state index in [0.717, 1.165) is 0 Å². The normalized spacial score (nSPS) is 10.9. The highest BCUT2D eigenvalue weighted by molar-refractivity contribution is 7.47. The summed E-state index contributed by atoms with van der Waals surface area (Å²) < 4.78 is 3.71. The number of carbonyl (C=O) groups excluding carboxylic acids is 1. The number of nitrogen functional groups attached to an aromatic ring is 1. The summed E-state index contributed by atoms with van der Waals surface area (Å²) in [5.74, 6) is 0.263. The van der Waals surface area contributed by atoms with Crippen LogP contribution in [0.4, 0.5) is 17.1 Å². The van der Waals surface area contributed by atoms with Crippen molar-refractivity contribution in [1.29, 1.82) is 0 Å². The van der Waals surface area contributed by atoms with Crippen molar-refractivity contribution in [2.24, 2.45) is 4.36 Å². The van der Waals surface area contributed by atoms with Crippen molar-refractivity contribution in [3.8, 4) is 0 Å². The van der Waals surface area contributed by atoms with Gasteiger partial charge in [-0.3, -0.25) is 14.5 Å². The van der Waals surface area contributed by atoms with Gasteiger partial charge in [0.25, 0.3) is 5.56 Å². The lowest BCUT2D eigenvalue weighted by Crippen LogP contribution is -2.33. The molecule has 3 aromatic rings. The number of H-pyrrole nitrogens is 1. The molecule has 0 aliphatic heterocycles. The highest BCUT2D eigenvalue weighted by Crippen LogP contribution is 2.30. The van der Waals surface area contributed by atoms with Crippen molar-refractivity contribution in [2.75, 3.05) is 24.1 Å². The van der Waals surface area contributed by atoms with Gasteiger partial charge in [0.15, 0.2) is 0 Å². The predicted molar refractivity (Wildman–Crippen MR) is 112 cm³/mol. The van der Waals surface area contributed by atoms with E-state index in [9.17, 15) is 9.59 Å². The highest BCUT2D eigenvalue weighted by atomic mass is 32.1. The molecule has 0 saturated heterocycles. The third kappa shape index (κ3) is 4.38. The number of nitrogens with one attached hydrogen (secondary N) is 2. The Morgan fingerprint density at radius 3 is 2.82 bits per heavy atom. The number of benzene rings is 2.